The number of rotatable bonds is 31. The second-order valence-electron chi connectivity index (χ2n) is 28.5. The molecule has 10 rings (SSSR count). The molecular weight excluding hydrogens is 1420 g/mol. The maximum atomic E-state index is 14.4. The number of nitrogens with zero attached hydrogens (tertiary/aromatic N) is 6. The third-order valence-corrected chi connectivity index (χ3v) is 22.4. The van der Waals surface area contributed by atoms with Crippen molar-refractivity contribution >= 4 is 78.4 Å². The van der Waals surface area contributed by atoms with E-state index in [1.54, 1.807) is 36.4 Å². The highest BCUT2D eigenvalue weighted by Gasteiger charge is 2.47. The molecule has 6 N–H and O–H groups in total. The van der Waals surface area contributed by atoms with Gasteiger partial charge in [-0.15, -0.1) is 0 Å². The third kappa shape index (κ3) is 24.8. The molecule has 6 fully saturated rings. The number of alkyl halides is 3. The summed E-state index contributed by atoms with van der Waals surface area (Å²) in [6, 6.07) is 7.64. The number of aromatic nitrogens is 4. The topological polar surface area (TPSA) is 346 Å². The molecule has 4 aromatic rings. The number of Topliss-reactive ketones (excluding diaryl/α,β-unsaturated/α-hetero) is 2. The zero-order valence-electron chi connectivity index (χ0n) is 58.9. The van der Waals surface area contributed by atoms with Crippen LogP contribution in [0.15, 0.2) is 57.6 Å². The van der Waals surface area contributed by atoms with Crippen molar-refractivity contribution in [1.29, 1.82) is 0 Å². The van der Waals surface area contributed by atoms with Crippen LogP contribution in [-0.4, -0.2) is 182 Å². The van der Waals surface area contributed by atoms with Crippen molar-refractivity contribution in [1.82, 2.24) is 60.8 Å². The molecule has 570 valence electrons. The zero-order chi connectivity index (χ0) is 74.0. The summed E-state index contributed by atoms with van der Waals surface area (Å²) in [6.45, 7) is 7.33. The SMILES string of the molecule is CCc1nc(C(=O)[C@H](CC2CCCCC2)NC(=O)[C@@H]2C[C@@H](OC(C)c3ccc(Cl)cc3)CN2C(=O)[C@@H](CCC2CCNCC2)NS(C)(=O)=O)no1.CS(=O)(=O)N[C@H](CCC1CCNCC1)C(=O)N1C[C@H](OCc2ccc(Cl)cc2)C[C@H]1C(=O)N[C@@H](CC1CCCCC1)C(=O)c1noc(C(F)(F)F)n1. The van der Waals surface area contributed by atoms with E-state index in [2.05, 4.69) is 55.5 Å². The zero-order valence-corrected chi connectivity index (χ0v) is 62.1. The summed E-state index contributed by atoms with van der Waals surface area (Å²) < 4.78 is 117. The number of hydrogen-bond donors (Lipinski definition) is 6. The first-order valence-electron chi connectivity index (χ1n) is 36.2. The lowest BCUT2D eigenvalue weighted by molar-refractivity contribution is -0.159. The number of aryl methyl sites for hydroxylation is 1. The van der Waals surface area contributed by atoms with E-state index in [1.807, 2.05) is 26.0 Å². The van der Waals surface area contributed by atoms with Crippen molar-refractivity contribution in [2.24, 2.45) is 23.7 Å². The maximum Gasteiger partial charge on any atom is 0.471 e. The number of carbonyl (C=O) groups is 6. The quantitative estimate of drug-likeness (QED) is 0.0257. The second kappa shape index (κ2) is 38.0. The van der Waals surface area contributed by atoms with Crippen molar-refractivity contribution in [2.45, 2.75) is 229 Å². The summed E-state index contributed by atoms with van der Waals surface area (Å²) in [5, 5.41) is 20.6. The van der Waals surface area contributed by atoms with E-state index in [0.29, 0.717) is 59.9 Å². The number of hydrogen-bond acceptors (Lipinski definition) is 20. The van der Waals surface area contributed by atoms with Crippen LogP contribution in [0.1, 0.15) is 205 Å². The van der Waals surface area contributed by atoms with Crippen LogP contribution in [0.5, 0.6) is 0 Å². The van der Waals surface area contributed by atoms with Gasteiger partial charge in [-0.2, -0.15) is 23.1 Å². The highest BCUT2D eigenvalue weighted by molar-refractivity contribution is 7.89. The molecule has 2 saturated carbocycles. The van der Waals surface area contributed by atoms with Gasteiger partial charge >= 0.3 is 12.1 Å². The summed E-state index contributed by atoms with van der Waals surface area (Å²) in [4.78, 5) is 94.8. The number of nitrogens with one attached hydrogen (secondary N) is 6. The predicted molar refractivity (Wildman–Crippen MR) is 376 cm³/mol. The number of likely N-dealkylation sites (tertiary alicyclic amines) is 2. The first-order valence-corrected chi connectivity index (χ1v) is 40.8. The Labute approximate surface area is 610 Å². The van der Waals surface area contributed by atoms with E-state index in [-0.39, 0.29) is 69.1 Å². The lowest BCUT2D eigenvalue weighted by atomic mass is 9.84. The monoisotopic (exact) mass is 1520 g/mol. The maximum absolute atomic E-state index is 14.4. The van der Waals surface area contributed by atoms with Crippen molar-refractivity contribution in [2.75, 3.05) is 51.8 Å². The van der Waals surface area contributed by atoms with Crippen LogP contribution in [0.2, 0.25) is 10.0 Å². The van der Waals surface area contributed by atoms with Crippen LogP contribution in [0.25, 0.3) is 0 Å². The molecule has 6 heterocycles. The molecule has 2 aromatic carbocycles. The molecule has 4 amide bonds. The van der Waals surface area contributed by atoms with Crippen LogP contribution < -0.4 is 30.7 Å². The Morgan fingerprint density at radius 3 is 1.48 bits per heavy atom. The standard InChI is InChI=1S/C36H53ClN6O7S.C34H46ClF3N6O7S/c1-4-32-40-34(41-50-32)33(44)30(20-25-8-6-5-7-9-25)39-35(45)31-21-28(49-23(2)26-11-13-27(37)14-12-26)22-43(31)36(46)29(42-51(3,47)48)15-10-24-16-18-38-19-17-24;1-52(48,49)43-26(12-9-21-13-15-39-16-14-21)32(47)44-19-25(50-20-23-7-10-24(35)11-8-23)18-28(44)31(46)40-27(17-22-5-3-2-4-6-22)29(45)30-41-33(51-42-30)34(36,37)38/h11-14,23-25,28-31,38,42H,4-10,15-22H2,1-3H3,(H,39,45);7-8,10-11,21-22,25-28,39,43H,2-6,9,12-20H2,1H3,(H,40,46)/t23?,28-,29-,30+,31+;25-,26-,27+,28+/m11/s1. The van der Waals surface area contributed by atoms with Crippen LogP contribution in [0.3, 0.4) is 0 Å². The molecule has 103 heavy (non-hydrogen) atoms. The number of amides is 4. The Kier molecular flexibility index (Phi) is 29.9. The Morgan fingerprint density at radius 1 is 0.602 bits per heavy atom. The van der Waals surface area contributed by atoms with Gasteiger partial charge in [0.2, 0.25) is 72.8 Å². The van der Waals surface area contributed by atoms with Gasteiger partial charge in [-0.1, -0.05) is 129 Å². The van der Waals surface area contributed by atoms with Gasteiger partial charge in [-0.3, -0.25) is 28.8 Å². The van der Waals surface area contributed by atoms with E-state index in [0.717, 1.165) is 140 Å². The molecule has 1 unspecified atom stereocenters. The molecule has 4 aliphatic heterocycles. The Balaban J connectivity index is 0.000000239. The molecule has 2 aliphatic carbocycles. The molecule has 26 nitrogen and oxygen atoms in total. The molecule has 0 bridgehead atoms. The minimum absolute atomic E-state index is 0.00656. The highest BCUT2D eigenvalue weighted by atomic mass is 35.5. The average Bonchev–Trinajstić information content (AvgIpc) is 1.47. The fourth-order valence-corrected chi connectivity index (χ4v) is 16.7. The fourth-order valence-electron chi connectivity index (χ4n) is 15.0. The summed E-state index contributed by atoms with van der Waals surface area (Å²) in [5.74, 6) is -5.04. The third-order valence-electron chi connectivity index (χ3n) is 20.5. The number of benzene rings is 2. The van der Waals surface area contributed by atoms with E-state index in [1.165, 1.54) is 9.80 Å². The number of piperidine rings is 2. The van der Waals surface area contributed by atoms with Crippen LogP contribution in [-0.2, 0) is 67.9 Å². The highest BCUT2D eigenvalue weighted by Crippen LogP contribution is 2.35. The lowest BCUT2D eigenvalue weighted by Crippen LogP contribution is -2.55. The fraction of sp³-hybridized carbons (Fsp3) is 0.686. The van der Waals surface area contributed by atoms with E-state index >= 15 is 0 Å². The molecule has 0 spiro atoms. The van der Waals surface area contributed by atoms with Gasteiger partial charge in [-0.25, -0.2) is 26.3 Å². The number of ketones is 2. The van der Waals surface area contributed by atoms with Gasteiger partial charge < -0.3 is 49.6 Å². The average molecular weight is 1520 g/mol. The van der Waals surface area contributed by atoms with Crippen molar-refractivity contribution in [3.63, 3.8) is 0 Å². The molecule has 9 atom stereocenters. The first-order chi connectivity index (χ1) is 49.1. The number of sulfonamides is 2. The largest absolute Gasteiger partial charge is 0.471 e. The molecule has 33 heteroatoms. The van der Waals surface area contributed by atoms with Crippen molar-refractivity contribution in [3.8, 4) is 0 Å². The molecule has 6 aliphatic rings. The van der Waals surface area contributed by atoms with Gasteiger partial charge in [0.1, 0.15) is 24.2 Å². The summed E-state index contributed by atoms with van der Waals surface area (Å²) in [7, 11) is -7.60. The number of ether oxygens (including phenoxy) is 2. The lowest BCUT2D eigenvalue weighted by Gasteiger charge is -2.31. The summed E-state index contributed by atoms with van der Waals surface area (Å²) >= 11 is 12.1. The van der Waals surface area contributed by atoms with Crippen LogP contribution >= 0.6 is 23.2 Å². The minimum Gasteiger partial charge on any atom is -0.372 e. The molecule has 2 aromatic heterocycles. The van der Waals surface area contributed by atoms with Crippen LogP contribution in [0.4, 0.5) is 13.2 Å². The van der Waals surface area contributed by atoms with Gasteiger partial charge in [-0.05, 0) is 156 Å². The van der Waals surface area contributed by atoms with E-state index in [4.69, 9.17) is 37.2 Å². The van der Waals surface area contributed by atoms with E-state index in [9.17, 15) is 58.8 Å². The minimum atomic E-state index is -4.97. The Morgan fingerprint density at radius 2 is 1.04 bits per heavy atom. The molecule has 4 saturated heterocycles. The molecule has 0 radical (unpaired) electrons. The first kappa shape index (κ1) is 81.1. The molecular formula is C70H99Cl2F3N12O14S2. The smallest absolute Gasteiger partial charge is 0.372 e. The number of halogens is 5. The Bertz CT molecular complexity index is 3680. The summed E-state index contributed by atoms with van der Waals surface area (Å²) in [6.07, 6.45) is 11.7. The predicted octanol–water partition coefficient (Wildman–Crippen LogP) is 8.63. The van der Waals surface area contributed by atoms with Gasteiger partial charge in [0, 0.05) is 42.4 Å². The van der Waals surface area contributed by atoms with Gasteiger partial charge in [0.15, 0.2) is 0 Å². The summed E-state index contributed by atoms with van der Waals surface area (Å²) in [5.41, 5.74) is 1.68. The van der Waals surface area contributed by atoms with Gasteiger partial charge in [0.25, 0.3) is 0 Å². The van der Waals surface area contributed by atoms with Crippen LogP contribution in [0, 0.1) is 23.7 Å². The van der Waals surface area contributed by atoms with Crippen molar-refractivity contribution < 1.29 is 77.3 Å². The van der Waals surface area contributed by atoms with Crippen molar-refractivity contribution in [3.05, 3.63) is 93.1 Å². The Hall–Kier alpha value is -6.03. The van der Waals surface area contributed by atoms with E-state index < -0.39 is 122 Å². The normalized spacial score (nSPS) is 22.1. The van der Waals surface area contributed by atoms with Gasteiger partial charge in [0.05, 0.1) is 49.5 Å². The number of carbonyl (C=O) groups excluding carboxylic acids is 6. The second-order valence-corrected chi connectivity index (χ2v) is 33.0.